The van der Waals surface area contributed by atoms with Crippen molar-refractivity contribution in [1.82, 2.24) is 10.3 Å². The molecule has 1 aromatic heterocycles. The monoisotopic (exact) mass is 232 g/mol. The largest absolute Gasteiger partial charge is 0.385 e. The Morgan fingerprint density at radius 2 is 2.12 bits per heavy atom. The highest BCUT2D eigenvalue weighted by Crippen LogP contribution is 2.37. The fourth-order valence-electron chi connectivity index (χ4n) is 2.91. The molecule has 0 unspecified atom stereocenters. The third-order valence-electron chi connectivity index (χ3n) is 4.23. The molecule has 2 saturated heterocycles. The van der Waals surface area contributed by atoms with E-state index in [9.17, 15) is 0 Å². The molecule has 4 heteroatoms. The van der Waals surface area contributed by atoms with Crippen molar-refractivity contribution in [2.45, 2.75) is 12.8 Å². The van der Waals surface area contributed by atoms with Crippen LogP contribution >= 0.6 is 0 Å². The van der Waals surface area contributed by atoms with Crippen LogP contribution in [-0.2, 0) is 0 Å². The lowest BCUT2D eigenvalue weighted by Crippen LogP contribution is -2.58. The third kappa shape index (κ3) is 1.86. The van der Waals surface area contributed by atoms with E-state index in [4.69, 9.17) is 0 Å². The summed E-state index contributed by atoms with van der Waals surface area (Å²) in [4.78, 5) is 6.65. The van der Waals surface area contributed by atoms with Gasteiger partial charge in [-0.05, 0) is 24.3 Å². The van der Waals surface area contributed by atoms with Crippen LogP contribution in [0.1, 0.15) is 12.8 Å². The van der Waals surface area contributed by atoms with Crippen molar-refractivity contribution in [1.29, 1.82) is 0 Å². The lowest BCUT2D eigenvalue weighted by Gasteiger charge is -2.49. The Bertz CT molecular complexity index is 390. The summed E-state index contributed by atoms with van der Waals surface area (Å²) in [7, 11) is 1.96. The molecule has 1 aromatic rings. The van der Waals surface area contributed by atoms with Gasteiger partial charge in [0.15, 0.2) is 0 Å². The second-order valence-electron chi connectivity index (χ2n) is 5.23. The van der Waals surface area contributed by atoms with Crippen LogP contribution in [0.2, 0.25) is 0 Å². The van der Waals surface area contributed by atoms with Gasteiger partial charge in [-0.25, -0.2) is 0 Å². The Balaban J connectivity index is 1.73. The summed E-state index contributed by atoms with van der Waals surface area (Å²) in [6.07, 6.45) is 6.41. The Morgan fingerprint density at radius 3 is 2.71 bits per heavy atom. The maximum Gasteiger partial charge on any atom is 0.0761 e. The number of nitrogens with zero attached hydrogens (tertiary/aromatic N) is 2. The number of piperidine rings is 1. The molecule has 0 aliphatic carbocycles. The van der Waals surface area contributed by atoms with Crippen molar-refractivity contribution >= 4 is 11.4 Å². The number of anilines is 2. The predicted octanol–water partition coefficient (Wildman–Crippen LogP) is 1.31. The van der Waals surface area contributed by atoms with Crippen LogP contribution in [0.4, 0.5) is 11.4 Å². The number of aromatic nitrogens is 1. The van der Waals surface area contributed by atoms with Crippen LogP contribution in [0.15, 0.2) is 18.5 Å². The van der Waals surface area contributed by atoms with Gasteiger partial charge in [-0.1, -0.05) is 0 Å². The number of pyridine rings is 1. The molecule has 92 valence electrons. The van der Waals surface area contributed by atoms with Crippen molar-refractivity contribution in [2.75, 3.05) is 43.4 Å². The second kappa shape index (κ2) is 4.18. The van der Waals surface area contributed by atoms with Gasteiger partial charge in [0, 0.05) is 39.4 Å². The Morgan fingerprint density at radius 1 is 1.35 bits per heavy atom. The fraction of sp³-hybridized carbons (Fsp3) is 0.615. The molecule has 0 aromatic carbocycles. The SMILES string of the molecule is CNc1cnccc1N1CCC2(CC1)CNC2. The standard InChI is InChI=1S/C13H20N4/c1-14-11-8-15-5-2-12(11)17-6-3-13(4-7-17)9-16-10-13/h2,5,8,14,16H,3-4,6-7,9-10H2,1H3. The average Bonchev–Trinajstić information content (AvgIpc) is 2.37. The smallest absolute Gasteiger partial charge is 0.0761 e. The minimum absolute atomic E-state index is 0.614. The van der Waals surface area contributed by atoms with Gasteiger partial charge in [0.1, 0.15) is 0 Å². The van der Waals surface area contributed by atoms with Crippen molar-refractivity contribution in [3.05, 3.63) is 18.5 Å². The number of rotatable bonds is 2. The molecule has 0 saturated carbocycles. The van der Waals surface area contributed by atoms with Crippen LogP contribution in [0, 0.1) is 5.41 Å². The molecular formula is C13H20N4. The van der Waals surface area contributed by atoms with Gasteiger partial charge in [0.05, 0.1) is 17.6 Å². The molecule has 17 heavy (non-hydrogen) atoms. The summed E-state index contributed by atoms with van der Waals surface area (Å²) in [5.41, 5.74) is 3.04. The molecular weight excluding hydrogens is 212 g/mol. The van der Waals surface area contributed by atoms with Gasteiger partial charge < -0.3 is 15.5 Å². The summed E-state index contributed by atoms with van der Waals surface area (Å²) in [6.45, 7) is 4.77. The zero-order chi connectivity index (χ0) is 11.7. The first-order valence-electron chi connectivity index (χ1n) is 6.40. The third-order valence-corrected chi connectivity index (χ3v) is 4.23. The highest BCUT2D eigenvalue weighted by molar-refractivity contribution is 5.68. The molecule has 1 spiro atoms. The van der Waals surface area contributed by atoms with Crippen molar-refractivity contribution in [2.24, 2.45) is 5.41 Å². The van der Waals surface area contributed by atoms with Crippen LogP contribution in [0.5, 0.6) is 0 Å². The van der Waals surface area contributed by atoms with Gasteiger partial charge in [-0.3, -0.25) is 4.98 Å². The van der Waals surface area contributed by atoms with Gasteiger partial charge in [-0.15, -0.1) is 0 Å². The molecule has 2 N–H and O–H groups in total. The van der Waals surface area contributed by atoms with Crippen molar-refractivity contribution in [3.8, 4) is 0 Å². The van der Waals surface area contributed by atoms with Gasteiger partial charge in [0.25, 0.3) is 0 Å². The normalized spacial score (nSPS) is 22.3. The molecule has 3 rings (SSSR count). The van der Waals surface area contributed by atoms with E-state index in [1.54, 1.807) is 0 Å². The van der Waals surface area contributed by atoms with E-state index < -0.39 is 0 Å². The summed E-state index contributed by atoms with van der Waals surface area (Å²) in [5, 5.41) is 6.63. The van der Waals surface area contributed by atoms with E-state index in [0.717, 1.165) is 5.69 Å². The zero-order valence-corrected chi connectivity index (χ0v) is 10.4. The molecule has 2 aliphatic heterocycles. The Labute approximate surface area is 102 Å². The fourth-order valence-corrected chi connectivity index (χ4v) is 2.91. The van der Waals surface area contributed by atoms with E-state index in [0.29, 0.717) is 5.41 Å². The first-order chi connectivity index (χ1) is 8.33. The average molecular weight is 232 g/mol. The van der Waals surface area contributed by atoms with Crippen LogP contribution in [-0.4, -0.2) is 38.2 Å². The maximum atomic E-state index is 4.17. The summed E-state index contributed by atoms with van der Waals surface area (Å²) in [5.74, 6) is 0. The number of hydrogen-bond donors (Lipinski definition) is 2. The van der Waals surface area contributed by atoms with Crippen LogP contribution < -0.4 is 15.5 Å². The van der Waals surface area contributed by atoms with E-state index in [1.165, 1.54) is 44.7 Å². The first-order valence-corrected chi connectivity index (χ1v) is 6.40. The van der Waals surface area contributed by atoms with E-state index in [1.807, 2.05) is 19.4 Å². The topological polar surface area (TPSA) is 40.2 Å². The minimum atomic E-state index is 0.614. The molecule has 0 radical (unpaired) electrons. The number of hydrogen-bond acceptors (Lipinski definition) is 4. The zero-order valence-electron chi connectivity index (χ0n) is 10.4. The highest BCUT2D eigenvalue weighted by Gasteiger charge is 2.39. The van der Waals surface area contributed by atoms with E-state index in [2.05, 4.69) is 26.6 Å². The Hall–Kier alpha value is -1.29. The van der Waals surface area contributed by atoms with Gasteiger partial charge in [-0.2, -0.15) is 0 Å². The van der Waals surface area contributed by atoms with E-state index >= 15 is 0 Å². The molecule has 0 bridgehead atoms. The second-order valence-corrected chi connectivity index (χ2v) is 5.23. The first kappa shape index (κ1) is 10.8. The van der Waals surface area contributed by atoms with Crippen LogP contribution in [0.25, 0.3) is 0 Å². The molecule has 3 heterocycles. The summed E-state index contributed by atoms with van der Waals surface area (Å²) >= 11 is 0. The van der Waals surface area contributed by atoms with Crippen LogP contribution in [0.3, 0.4) is 0 Å². The molecule has 0 atom stereocenters. The van der Waals surface area contributed by atoms with Gasteiger partial charge in [0.2, 0.25) is 0 Å². The van der Waals surface area contributed by atoms with Crippen molar-refractivity contribution < 1.29 is 0 Å². The highest BCUT2D eigenvalue weighted by atomic mass is 15.2. The summed E-state index contributed by atoms with van der Waals surface area (Å²) in [6, 6.07) is 2.11. The lowest BCUT2D eigenvalue weighted by molar-refractivity contribution is 0.126. The molecule has 2 fully saturated rings. The lowest BCUT2D eigenvalue weighted by atomic mass is 9.73. The summed E-state index contributed by atoms with van der Waals surface area (Å²) < 4.78 is 0. The number of nitrogens with one attached hydrogen (secondary N) is 2. The van der Waals surface area contributed by atoms with E-state index in [-0.39, 0.29) is 0 Å². The predicted molar refractivity (Wildman–Crippen MR) is 70.5 cm³/mol. The molecule has 0 amide bonds. The Kier molecular flexibility index (Phi) is 2.67. The van der Waals surface area contributed by atoms with Gasteiger partial charge >= 0.3 is 0 Å². The minimum Gasteiger partial charge on any atom is -0.385 e. The maximum absolute atomic E-state index is 4.17. The molecule has 2 aliphatic rings. The quantitative estimate of drug-likeness (QED) is 0.806. The molecule has 4 nitrogen and oxygen atoms in total. The van der Waals surface area contributed by atoms with Crippen molar-refractivity contribution in [3.63, 3.8) is 0 Å².